The van der Waals surface area contributed by atoms with E-state index in [0.29, 0.717) is 17.7 Å². The van der Waals surface area contributed by atoms with Crippen LogP contribution in [0.4, 0.5) is 0 Å². The molecule has 0 saturated heterocycles. The molecule has 1 aromatic rings. The van der Waals surface area contributed by atoms with E-state index in [9.17, 15) is 4.79 Å². The van der Waals surface area contributed by atoms with E-state index >= 15 is 0 Å². The van der Waals surface area contributed by atoms with Gasteiger partial charge in [-0.1, -0.05) is 24.3 Å². The number of carbonyl (C=O) groups excluding carboxylic acids is 1. The van der Waals surface area contributed by atoms with E-state index in [1.54, 1.807) is 31.1 Å². The molecule has 0 aromatic heterocycles. The molecule has 0 N–H and O–H groups in total. The van der Waals surface area contributed by atoms with Crippen LogP contribution >= 0.6 is 12.2 Å². The molecule has 20 heavy (non-hydrogen) atoms. The van der Waals surface area contributed by atoms with Gasteiger partial charge in [0.2, 0.25) is 0 Å². The maximum Gasteiger partial charge on any atom is 0.341 e. The predicted octanol–water partition coefficient (Wildman–Crippen LogP) is 2.82. The monoisotopic (exact) mass is 293 g/mol. The van der Waals surface area contributed by atoms with Crippen LogP contribution in [0.5, 0.6) is 5.75 Å². The molecule has 0 bridgehead atoms. The van der Waals surface area contributed by atoms with Crippen LogP contribution in [0.15, 0.2) is 30.4 Å². The molecule has 0 aliphatic carbocycles. The highest BCUT2D eigenvalue weighted by Crippen LogP contribution is 2.27. The van der Waals surface area contributed by atoms with E-state index in [0.717, 1.165) is 11.1 Å². The van der Waals surface area contributed by atoms with Gasteiger partial charge in [-0.15, -0.1) is 0 Å². The summed E-state index contributed by atoms with van der Waals surface area (Å²) in [6.45, 7) is 5.80. The number of esters is 1. The minimum atomic E-state index is -0.454. The van der Waals surface area contributed by atoms with Gasteiger partial charge in [0.25, 0.3) is 5.17 Å². The third kappa shape index (κ3) is 4.06. The molecule has 0 aliphatic rings. The summed E-state index contributed by atoms with van der Waals surface area (Å²) in [6, 6.07) is 5.33. The van der Waals surface area contributed by atoms with Crippen molar-refractivity contribution in [3.8, 4) is 5.75 Å². The number of methoxy groups -OCH3 is 1. The summed E-state index contributed by atoms with van der Waals surface area (Å²) < 4.78 is 10.5. The highest BCUT2D eigenvalue weighted by molar-refractivity contribution is 7.80. The number of benzene rings is 1. The average Bonchev–Trinajstić information content (AvgIpc) is 2.38. The molecule has 0 saturated carbocycles. The van der Waals surface area contributed by atoms with Gasteiger partial charge in [-0.2, -0.15) is 0 Å². The lowest BCUT2D eigenvalue weighted by Crippen LogP contribution is -2.26. The van der Waals surface area contributed by atoms with Crippen molar-refractivity contribution in [1.29, 1.82) is 0 Å². The zero-order valence-electron chi connectivity index (χ0n) is 12.2. The number of allylic oxidation sites excluding steroid dienone is 1. The first kappa shape index (κ1) is 16.2. The van der Waals surface area contributed by atoms with Crippen molar-refractivity contribution in [3.05, 3.63) is 41.5 Å². The summed E-state index contributed by atoms with van der Waals surface area (Å²) in [6.07, 6.45) is 0.607. The van der Waals surface area contributed by atoms with Crippen molar-refractivity contribution in [3.63, 3.8) is 0 Å². The number of hydrogen-bond donors (Lipinski definition) is 0. The van der Waals surface area contributed by atoms with Crippen molar-refractivity contribution in [2.75, 3.05) is 21.2 Å². The van der Waals surface area contributed by atoms with E-state index in [4.69, 9.17) is 21.7 Å². The number of carbonyl (C=O) groups is 1. The lowest BCUT2D eigenvalue weighted by Gasteiger charge is -2.18. The molecule has 0 unspecified atom stereocenters. The molecular formula is C15H19NO3S. The SMILES string of the molecule is C=C(C)Cc1cccc(C(=O)OC)c1OC(=S)N(C)C. The average molecular weight is 293 g/mol. The van der Waals surface area contributed by atoms with E-state index < -0.39 is 5.97 Å². The molecule has 4 nitrogen and oxygen atoms in total. The Hall–Kier alpha value is -1.88. The van der Waals surface area contributed by atoms with Crippen molar-refractivity contribution in [2.45, 2.75) is 13.3 Å². The highest BCUT2D eigenvalue weighted by Gasteiger charge is 2.19. The molecule has 0 radical (unpaired) electrons. The van der Waals surface area contributed by atoms with Crippen LogP contribution in [0.3, 0.4) is 0 Å². The van der Waals surface area contributed by atoms with Gasteiger partial charge in [0, 0.05) is 14.1 Å². The summed E-state index contributed by atoms with van der Waals surface area (Å²) in [4.78, 5) is 13.5. The molecule has 0 amide bonds. The first-order chi connectivity index (χ1) is 9.36. The normalized spacial score (nSPS) is 9.80. The summed E-state index contributed by atoms with van der Waals surface area (Å²) in [5.74, 6) is -0.0221. The largest absolute Gasteiger partial charge is 0.465 e. The zero-order chi connectivity index (χ0) is 15.3. The fourth-order valence-electron chi connectivity index (χ4n) is 1.62. The van der Waals surface area contributed by atoms with Gasteiger partial charge in [-0.05, 0) is 37.2 Å². The number of hydrogen-bond acceptors (Lipinski definition) is 4. The third-order valence-electron chi connectivity index (χ3n) is 2.55. The highest BCUT2D eigenvalue weighted by atomic mass is 32.1. The smallest absolute Gasteiger partial charge is 0.341 e. The Morgan fingerprint density at radius 1 is 1.40 bits per heavy atom. The summed E-state index contributed by atoms with van der Waals surface area (Å²) in [7, 11) is 4.89. The Bertz CT molecular complexity index is 538. The quantitative estimate of drug-likeness (QED) is 0.485. The van der Waals surface area contributed by atoms with Gasteiger partial charge in [-0.3, -0.25) is 0 Å². The second-order valence-corrected chi connectivity index (χ2v) is 5.03. The Labute approximate surface area is 125 Å². The predicted molar refractivity (Wildman–Crippen MR) is 83.2 cm³/mol. The molecule has 108 valence electrons. The van der Waals surface area contributed by atoms with Gasteiger partial charge >= 0.3 is 5.97 Å². The van der Waals surface area contributed by atoms with Crippen molar-refractivity contribution < 1.29 is 14.3 Å². The third-order valence-corrected chi connectivity index (χ3v) is 3.00. The van der Waals surface area contributed by atoms with Crippen molar-refractivity contribution in [1.82, 2.24) is 4.90 Å². The van der Waals surface area contributed by atoms with E-state index in [1.807, 2.05) is 13.0 Å². The Kier molecular flexibility index (Phi) is 5.70. The lowest BCUT2D eigenvalue weighted by molar-refractivity contribution is 0.0598. The second kappa shape index (κ2) is 7.05. The summed E-state index contributed by atoms with van der Waals surface area (Å²) in [5, 5.41) is 0.282. The molecule has 0 heterocycles. The van der Waals surface area contributed by atoms with Gasteiger partial charge in [0.15, 0.2) is 0 Å². The van der Waals surface area contributed by atoms with Crippen molar-refractivity contribution >= 4 is 23.4 Å². The fourth-order valence-corrected chi connectivity index (χ4v) is 1.70. The second-order valence-electron chi connectivity index (χ2n) is 4.68. The van der Waals surface area contributed by atoms with Gasteiger partial charge < -0.3 is 14.4 Å². The Morgan fingerprint density at radius 2 is 2.05 bits per heavy atom. The van der Waals surface area contributed by atoms with Crippen LogP contribution < -0.4 is 4.74 Å². The first-order valence-corrected chi connectivity index (χ1v) is 6.51. The van der Waals surface area contributed by atoms with E-state index in [-0.39, 0.29) is 5.17 Å². The maximum atomic E-state index is 11.8. The number of para-hydroxylation sites is 1. The Morgan fingerprint density at radius 3 is 2.55 bits per heavy atom. The maximum absolute atomic E-state index is 11.8. The van der Waals surface area contributed by atoms with Crippen LogP contribution in [-0.4, -0.2) is 37.2 Å². The number of rotatable bonds is 4. The summed E-state index contributed by atoms with van der Waals surface area (Å²) >= 11 is 5.14. The number of nitrogens with zero attached hydrogens (tertiary/aromatic N) is 1. The van der Waals surface area contributed by atoms with Gasteiger partial charge in [0.05, 0.1) is 7.11 Å². The van der Waals surface area contributed by atoms with E-state index in [2.05, 4.69) is 6.58 Å². The molecule has 0 spiro atoms. The fraction of sp³-hybridized carbons (Fsp3) is 0.333. The van der Waals surface area contributed by atoms with Gasteiger partial charge in [0.1, 0.15) is 11.3 Å². The Balaban J connectivity index is 3.27. The van der Waals surface area contributed by atoms with E-state index in [1.165, 1.54) is 7.11 Å². The topological polar surface area (TPSA) is 38.8 Å². The van der Waals surface area contributed by atoms with Crippen LogP contribution in [0.1, 0.15) is 22.8 Å². The lowest BCUT2D eigenvalue weighted by atomic mass is 10.0. The zero-order valence-corrected chi connectivity index (χ0v) is 13.0. The van der Waals surface area contributed by atoms with Crippen molar-refractivity contribution in [2.24, 2.45) is 0 Å². The van der Waals surface area contributed by atoms with Crippen LogP contribution in [-0.2, 0) is 11.2 Å². The van der Waals surface area contributed by atoms with Crippen LogP contribution in [0.2, 0.25) is 0 Å². The standard InChI is InChI=1S/C15H19NO3S/c1-10(2)9-11-7-6-8-12(14(17)18-5)13(11)19-15(20)16(3)4/h6-8H,1,9H2,2-5H3. The molecular weight excluding hydrogens is 274 g/mol. The molecule has 0 aliphatic heterocycles. The molecule has 5 heteroatoms. The van der Waals surface area contributed by atoms with Crippen LogP contribution in [0, 0.1) is 0 Å². The molecule has 0 fully saturated rings. The number of thiocarbonyl (C=S) groups is 1. The number of ether oxygens (including phenoxy) is 2. The molecule has 1 rings (SSSR count). The molecule has 1 aromatic carbocycles. The van der Waals surface area contributed by atoms with Gasteiger partial charge in [-0.25, -0.2) is 4.79 Å². The minimum Gasteiger partial charge on any atom is -0.465 e. The first-order valence-electron chi connectivity index (χ1n) is 6.10. The summed E-state index contributed by atoms with van der Waals surface area (Å²) in [5.41, 5.74) is 2.17. The van der Waals surface area contributed by atoms with Crippen LogP contribution in [0.25, 0.3) is 0 Å². The minimum absolute atomic E-state index is 0.282. The molecule has 0 atom stereocenters.